The lowest BCUT2D eigenvalue weighted by Gasteiger charge is -2.47. The van der Waals surface area contributed by atoms with E-state index in [1.54, 1.807) is 0 Å². The fraction of sp³-hybridized carbons (Fsp3) is 0.0698. The minimum atomic E-state index is -0.397. The van der Waals surface area contributed by atoms with Crippen molar-refractivity contribution in [3.63, 3.8) is 0 Å². The molecule has 0 saturated heterocycles. The molecule has 0 aromatic heterocycles. The van der Waals surface area contributed by atoms with Crippen molar-refractivity contribution in [2.75, 3.05) is 9.80 Å². The molecule has 46 heavy (non-hydrogen) atoms. The van der Waals surface area contributed by atoms with E-state index in [2.05, 4.69) is 181 Å². The van der Waals surface area contributed by atoms with Crippen LogP contribution in [-0.4, -0.2) is 0 Å². The minimum absolute atomic E-state index is 0.397. The molecular formula is C43H32N2O. The Labute approximate surface area is 269 Å². The zero-order valence-electron chi connectivity index (χ0n) is 25.8. The van der Waals surface area contributed by atoms with Gasteiger partial charge in [0.05, 0.1) is 22.7 Å². The van der Waals surface area contributed by atoms with Gasteiger partial charge in [0.25, 0.3) is 0 Å². The van der Waals surface area contributed by atoms with Crippen LogP contribution in [0.25, 0.3) is 21.9 Å². The van der Waals surface area contributed by atoms with E-state index in [4.69, 9.17) is 4.74 Å². The summed E-state index contributed by atoms with van der Waals surface area (Å²) in [5, 5.41) is 2.35. The third-order valence-electron chi connectivity index (χ3n) is 9.54. The number of ether oxygens (including phenoxy) is 1. The highest BCUT2D eigenvalue weighted by molar-refractivity contribution is 6.08. The lowest BCUT2D eigenvalue weighted by atomic mass is 9.69. The predicted octanol–water partition coefficient (Wildman–Crippen LogP) is 12.2. The number of rotatable bonds is 4. The van der Waals surface area contributed by atoms with Crippen LogP contribution in [0.2, 0.25) is 0 Å². The van der Waals surface area contributed by atoms with Crippen LogP contribution in [0.1, 0.15) is 25.0 Å². The summed E-state index contributed by atoms with van der Waals surface area (Å²) >= 11 is 0. The monoisotopic (exact) mass is 592 g/mol. The van der Waals surface area contributed by atoms with Crippen molar-refractivity contribution in [2.45, 2.75) is 19.3 Å². The predicted molar refractivity (Wildman–Crippen MR) is 191 cm³/mol. The summed E-state index contributed by atoms with van der Waals surface area (Å²) in [4.78, 5) is 4.89. The summed E-state index contributed by atoms with van der Waals surface area (Å²) < 4.78 is 6.80. The van der Waals surface area contributed by atoms with Crippen LogP contribution in [0, 0.1) is 0 Å². The summed E-state index contributed by atoms with van der Waals surface area (Å²) in [5.41, 5.74) is 11.3. The average Bonchev–Trinajstić information content (AvgIpc) is 3.11. The Morgan fingerprint density at radius 1 is 0.522 bits per heavy atom. The molecule has 7 aromatic carbocycles. The molecule has 3 heteroatoms. The Kier molecular flexibility index (Phi) is 5.85. The maximum absolute atomic E-state index is 6.80. The molecule has 0 atom stereocenters. The standard InChI is InChI=1S/C43H32N2O/c1-43(2)39-33(29-15-6-3-7-16-29)26-28-38-42(39)45(41-34-22-13-12-17-30(34)25-27-37(41)46-38)36-24-14-23-35(40(36)43)44(31-18-8-4-9-19-31)32-20-10-5-11-21-32/h3-28H,1-2H3. The molecule has 0 fully saturated rings. The van der Waals surface area contributed by atoms with E-state index in [0.29, 0.717) is 0 Å². The van der Waals surface area contributed by atoms with Crippen LogP contribution < -0.4 is 14.5 Å². The number of fused-ring (bicyclic) bond motifs is 6. The Balaban J connectivity index is 1.42. The Morgan fingerprint density at radius 3 is 1.85 bits per heavy atom. The second-order valence-electron chi connectivity index (χ2n) is 12.6. The zero-order chi connectivity index (χ0) is 30.8. The first kappa shape index (κ1) is 26.6. The summed E-state index contributed by atoms with van der Waals surface area (Å²) in [5.74, 6) is 1.74. The first-order valence-electron chi connectivity index (χ1n) is 15.9. The van der Waals surface area contributed by atoms with Crippen LogP contribution >= 0.6 is 0 Å². The molecule has 2 aliphatic heterocycles. The number of para-hydroxylation sites is 2. The Hall–Kier alpha value is -5.80. The number of nitrogens with zero attached hydrogens (tertiary/aromatic N) is 2. The van der Waals surface area contributed by atoms with Crippen molar-refractivity contribution >= 4 is 44.9 Å². The highest BCUT2D eigenvalue weighted by atomic mass is 16.5. The molecule has 0 radical (unpaired) electrons. The molecular weight excluding hydrogens is 560 g/mol. The van der Waals surface area contributed by atoms with Crippen LogP contribution in [0.3, 0.4) is 0 Å². The van der Waals surface area contributed by atoms with Crippen molar-refractivity contribution in [2.24, 2.45) is 0 Å². The van der Waals surface area contributed by atoms with E-state index in [1.807, 2.05) is 0 Å². The normalized spacial score (nSPS) is 13.7. The zero-order valence-corrected chi connectivity index (χ0v) is 25.8. The topological polar surface area (TPSA) is 15.7 Å². The molecule has 0 bridgehead atoms. The largest absolute Gasteiger partial charge is 0.453 e. The second-order valence-corrected chi connectivity index (χ2v) is 12.6. The van der Waals surface area contributed by atoms with Crippen molar-refractivity contribution in [3.05, 3.63) is 169 Å². The van der Waals surface area contributed by atoms with Crippen molar-refractivity contribution in [1.29, 1.82) is 0 Å². The molecule has 7 aromatic rings. The third kappa shape index (κ3) is 3.85. The Bertz CT molecular complexity index is 2220. The molecule has 3 nitrogen and oxygen atoms in total. The van der Waals surface area contributed by atoms with Gasteiger partial charge < -0.3 is 14.5 Å². The highest BCUT2D eigenvalue weighted by Gasteiger charge is 2.45. The summed E-state index contributed by atoms with van der Waals surface area (Å²) in [6.45, 7) is 4.75. The van der Waals surface area contributed by atoms with Crippen molar-refractivity contribution in [3.8, 4) is 22.6 Å². The first-order chi connectivity index (χ1) is 22.6. The molecule has 0 unspecified atom stereocenters. The van der Waals surface area contributed by atoms with E-state index in [0.717, 1.165) is 39.9 Å². The quantitative estimate of drug-likeness (QED) is 0.202. The molecule has 2 heterocycles. The van der Waals surface area contributed by atoms with E-state index in [1.165, 1.54) is 38.7 Å². The van der Waals surface area contributed by atoms with Crippen LogP contribution in [-0.2, 0) is 5.41 Å². The van der Waals surface area contributed by atoms with E-state index in [9.17, 15) is 0 Å². The van der Waals surface area contributed by atoms with Crippen LogP contribution in [0.15, 0.2) is 158 Å². The van der Waals surface area contributed by atoms with E-state index < -0.39 is 5.41 Å². The lowest BCUT2D eigenvalue weighted by Crippen LogP contribution is -2.34. The van der Waals surface area contributed by atoms with Gasteiger partial charge in [-0.2, -0.15) is 0 Å². The SMILES string of the molecule is CC1(C)c2c(N(c3ccccc3)c3ccccc3)cccc2N2c3c(ccc(-c4ccccc4)c31)Oc1ccc3ccccc3c12. The van der Waals surface area contributed by atoms with E-state index >= 15 is 0 Å². The molecule has 0 saturated carbocycles. The summed E-state index contributed by atoms with van der Waals surface area (Å²) in [7, 11) is 0. The molecule has 9 rings (SSSR count). The van der Waals surface area contributed by atoms with Gasteiger partial charge in [-0.05, 0) is 70.6 Å². The number of hydrogen-bond acceptors (Lipinski definition) is 3. The molecule has 0 aliphatic carbocycles. The minimum Gasteiger partial charge on any atom is -0.453 e. The summed E-state index contributed by atoms with van der Waals surface area (Å²) in [6.07, 6.45) is 0. The maximum Gasteiger partial charge on any atom is 0.152 e. The molecule has 220 valence electrons. The number of anilines is 6. The third-order valence-corrected chi connectivity index (χ3v) is 9.54. The smallest absolute Gasteiger partial charge is 0.152 e. The lowest BCUT2D eigenvalue weighted by molar-refractivity contribution is 0.472. The summed E-state index contributed by atoms with van der Waals surface area (Å²) in [6, 6.07) is 56.2. The van der Waals surface area contributed by atoms with Crippen LogP contribution in [0.5, 0.6) is 11.5 Å². The number of hydrogen-bond donors (Lipinski definition) is 0. The molecule has 0 N–H and O–H groups in total. The molecule has 0 amide bonds. The first-order valence-corrected chi connectivity index (χ1v) is 15.9. The van der Waals surface area contributed by atoms with Gasteiger partial charge in [-0.25, -0.2) is 0 Å². The van der Waals surface area contributed by atoms with Gasteiger partial charge in [-0.1, -0.05) is 123 Å². The second kappa shape index (κ2) is 10.1. The average molecular weight is 593 g/mol. The van der Waals surface area contributed by atoms with Crippen molar-refractivity contribution < 1.29 is 4.74 Å². The van der Waals surface area contributed by atoms with Gasteiger partial charge >= 0.3 is 0 Å². The van der Waals surface area contributed by atoms with E-state index in [-0.39, 0.29) is 0 Å². The highest BCUT2D eigenvalue weighted by Crippen LogP contribution is 2.64. The number of benzene rings is 7. The van der Waals surface area contributed by atoms with Gasteiger partial charge in [-0.3, -0.25) is 0 Å². The fourth-order valence-corrected chi connectivity index (χ4v) is 7.63. The maximum atomic E-state index is 6.80. The van der Waals surface area contributed by atoms with Gasteiger partial charge in [-0.15, -0.1) is 0 Å². The molecule has 2 aliphatic rings. The van der Waals surface area contributed by atoms with Gasteiger partial charge in [0.15, 0.2) is 11.5 Å². The Morgan fingerprint density at radius 2 is 1.13 bits per heavy atom. The van der Waals surface area contributed by atoms with Gasteiger partial charge in [0, 0.05) is 27.7 Å². The fourth-order valence-electron chi connectivity index (χ4n) is 7.63. The van der Waals surface area contributed by atoms with Crippen LogP contribution in [0.4, 0.5) is 34.1 Å². The van der Waals surface area contributed by atoms with Crippen molar-refractivity contribution in [1.82, 2.24) is 0 Å². The molecule has 0 spiro atoms. The van der Waals surface area contributed by atoms with Gasteiger partial charge in [0.2, 0.25) is 0 Å². The van der Waals surface area contributed by atoms with Gasteiger partial charge in [0.1, 0.15) is 0 Å².